The summed E-state index contributed by atoms with van der Waals surface area (Å²) < 4.78 is 37.7. The maximum absolute atomic E-state index is 12.6. The van der Waals surface area contributed by atoms with E-state index in [1.54, 1.807) is 6.20 Å². The largest absolute Gasteiger partial charge is 0.416 e. The van der Waals surface area contributed by atoms with Crippen LogP contribution in [0.15, 0.2) is 30.5 Å². The summed E-state index contributed by atoms with van der Waals surface area (Å²) in [6, 6.07) is 4.16. The van der Waals surface area contributed by atoms with Crippen LogP contribution in [-0.4, -0.2) is 21.9 Å². The van der Waals surface area contributed by atoms with Crippen LogP contribution in [0.4, 0.5) is 13.2 Å². The molecule has 1 aromatic heterocycles. The molecular formula is C17H16F3N3O. The molecule has 0 saturated carbocycles. The number of hydrogen-bond donors (Lipinski definition) is 1. The minimum atomic E-state index is -4.40. The van der Waals surface area contributed by atoms with Gasteiger partial charge in [0.05, 0.1) is 5.56 Å². The SMILES string of the molecule is Cc1ncc2c(n1)CC[C@@H](NC(=O)c1ccc(C(F)(F)F)cc1)C2. The Labute approximate surface area is 137 Å². The highest BCUT2D eigenvalue weighted by Crippen LogP contribution is 2.29. The maximum Gasteiger partial charge on any atom is 0.416 e. The van der Waals surface area contributed by atoms with Crippen molar-refractivity contribution in [1.29, 1.82) is 0 Å². The van der Waals surface area contributed by atoms with Crippen molar-refractivity contribution in [2.45, 2.75) is 38.4 Å². The Morgan fingerprint density at radius 3 is 2.62 bits per heavy atom. The fraction of sp³-hybridized carbons (Fsp3) is 0.353. The van der Waals surface area contributed by atoms with Crippen molar-refractivity contribution in [1.82, 2.24) is 15.3 Å². The Morgan fingerprint density at radius 1 is 1.25 bits per heavy atom. The molecule has 1 aliphatic carbocycles. The second-order valence-corrected chi connectivity index (χ2v) is 5.88. The first-order valence-electron chi connectivity index (χ1n) is 7.62. The zero-order valence-corrected chi connectivity index (χ0v) is 13.0. The van der Waals surface area contributed by atoms with Crippen LogP contribution in [-0.2, 0) is 19.0 Å². The standard InChI is InChI=1S/C17H16F3N3O/c1-10-21-9-12-8-14(6-7-15(12)22-10)23-16(24)11-2-4-13(5-3-11)17(18,19)20/h2-5,9,14H,6-8H2,1H3,(H,23,24)/t14-/m1/s1. The molecule has 1 aromatic carbocycles. The predicted octanol–water partition coefficient (Wildman–Crippen LogP) is 3.09. The average Bonchev–Trinajstić information content (AvgIpc) is 2.54. The Balaban J connectivity index is 1.66. The van der Waals surface area contributed by atoms with Gasteiger partial charge in [-0.3, -0.25) is 4.79 Å². The van der Waals surface area contributed by atoms with E-state index in [-0.39, 0.29) is 17.5 Å². The van der Waals surface area contributed by atoms with Crippen molar-refractivity contribution in [3.05, 3.63) is 58.7 Å². The molecule has 0 unspecified atom stereocenters. The molecule has 0 radical (unpaired) electrons. The lowest BCUT2D eigenvalue weighted by Gasteiger charge is -2.24. The van der Waals surface area contributed by atoms with Crippen molar-refractivity contribution in [3.63, 3.8) is 0 Å². The van der Waals surface area contributed by atoms with E-state index in [0.29, 0.717) is 6.42 Å². The summed E-state index contributed by atoms with van der Waals surface area (Å²) in [6.07, 6.45) is -0.511. The molecule has 1 heterocycles. The van der Waals surface area contributed by atoms with Crippen molar-refractivity contribution >= 4 is 5.91 Å². The lowest BCUT2D eigenvalue weighted by molar-refractivity contribution is -0.137. The fourth-order valence-corrected chi connectivity index (χ4v) is 2.81. The first-order chi connectivity index (χ1) is 11.3. The quantitative estimate of drug-likeness (QED) is 0.917. The van der Waals surface area contributed by atoms with Crippen LogP contribution in [0.5, 0.6) is 0 Å². The second-order valence-electron chi connectivity index (χ2n) is 5.88. The number of fused-ring (bicyclic) bond motifs is 1. The predicted molar refractivity (Wildman–Crippen MR) is 81.5 cm³/mol. The summed E-state index contributed by atoms with van der Waals surface area (Å²) in [6.45, 7) is 1.83. The van der Waals surface area contributed by atoms with E-state index in [4.69, 9.17) is 0 Å². The molecule has 1 N–H and O–H groups in total. The average molecular weight is 335 g/mol. The molecule has 2 aromatic rings. The van der Waals surface area contributed by atoms with Crippen LogP contribution in [0.1, 0.15) is 39.4 Å². The van der Waals surface area contributed by atoms with E-state index in [1.807, 2.05) is 6.92 Å². The van der Waals surface area contributed by atoms with E-state index in [0.717, 1.165) is 42.1 Å². The monoisotopic (exact) mass is 335 g/mol. The molecule has 0 bridgehead atoms. The van der Waals surface area contributed by atoms with E-state index >= 15 is 0 Å². The van der Waals surface area contributed by atoms with Crippen LogP contribution in [0.2, 0.25) is 0 Å². The Bertz CT molecular complexity index is 757. The molecule has 1 aliphatic rings. The third-order valence-corrected chi connectivity index (χ3v) is 4.08. The van der Waals surface area contributed by atoms with Gasteiger partial charge in [0.1, 0.15) is 5.82 Å². The summed E-state index contributed by atoms with van der Waals surface area (Å²) in [5.41, 5.74) is 1.46. The topological polar surface area (TPSA) is 54.9 Å². The molecule has 1 atom stereocenters. The minimum absolute atomic E-state index is 0.0707. The van der Waals surface area contributed by atoms with E-state index in [2.05, 4.69) is 15.3 Å². The van der Waals surface area contributed by atoms with E-state index in [1.165, 1.54) is 12.1 Å². The van der Waals surface area contributed by atoms with Crippen LogP contribution in [0, 0.1) is 6.92 Å². The lowest BCUT2D eigenvalue weighted by atomic mass is 9.92. The maximum atomic E-state index is 12.6. The molecule has 1 amide bonds. The van der Waals surface area contributed by atoms with Gasteiger partial charge < -0.3 is 5.32 Å². The third-order valence-electron chi connectivity index (χ3n) is 4.08. The van der Waals surface area contributed by atoms with Crippen molar-refractivity contribution in [3.8, 4) is 0 Å². The van der Waals surface area contributed by atoms with Gasteiger partial charge in [-0.05, 0) is 56.0 Å². The zero-order valence-electron chi connectivity index (χ0n) is 13.0. The Kier molecular flexibility index (Phi) is 4.26. The normalized spacial score (nSPS) is 17.2. The van der Waals surface area contributed by atoms with Gasteiger partial charge in [-0.2, -0.15) is 13.2 Å². The molecule has 3 rings (SSSR count). The summed E-state index contributed by atoms with van der Waals surface area (Å²) in [4.78, 5) is 20.8. The number of rotatable bonds is 2. The fourth-order valence-electron chi connectivity index (χ4n) is 2.81. The van der Waals surface area contributed by atoms with Gasteiger partial charge in [0.15, 0.2) is 0 Å². The molecular weight excluding hydrogens is 319 g/mol. The molecule has 0 spiro atoms. The summed E-state index contributed by atoms with van der Waals surface area (Å²) >= 11 is 0. The molecule has 0 aliphatic heterocycles. The van der Waals surface area contributed by atoms with Crippen LogP contribution >= 0.6 is 0 Å². The number of carbonyl (C=O) groups is 1. The number of amides is 1. The van der Waals surface area contributed by atoms with Gasteiger partial charge in [0.2, 0.25) is 0 Å². The van der Waals surface area contributed by atoms with Crippen LogP contribution < -0.4 is 5.32 Å². The second kappa shape index (κ2) is 6.22. The Hall–Kier alpha value is -2.44. The van der Waals surface area contributed by atoms with Crippen molar-refractivity contribution in [2.24, 2.45) is 0 Å². The molecule has 7 heteroatoms. The molecule has 0 fully saturated rings. The number of hydrogen-bond acceptors (Lipinski definition) is 3. The van der Waals surface area contributed by atoms with Crippen molar-refractivity contribution in [2.75, 3.05) is 0 Å². The first kappa shape index (κ1) is 16.4. The minimum Gasteiger partial charge on any atom is -0.349 e. The number of aromatic nitrogens is 2. The summed E-state index contributed by atoms with van der Waals surface area (Å²) in [5, 5.41) is 2.87. The van der Waals surface area contributed by atoms with Gasteiger partial charge in [-0.15, -0.1) is 0 Å². The van der Waals surface area contributed by atoms with Gasteiger partial charge in [0, 0.05) is 23.5 Å². The number of halogens is 3. The molecule has 0 saturated heterocycles. The van der Waals surface area contributed by atoms with E-state index < -0.39 is 11.7 Å². The van der Waals surface area contributed by atoms with Gasteiger partial charge in [-0.25, -0.2) is 9.97 Å². The zero-order chi connectivity index (χ0) is 17.3. The lowest BCUT2D eigenvalue weighted by Crippen LogP contribution is -2.39. The highest BCUT2D eigenvalue weighted by molar-refractivity contribution is 5.94. The number of benzene rings is 1. The third kappa shape index (κ3) is 3.55. The first-order valence-corrected chi connectivity index (χ1v) is 7.62. The number of nitrogens with zero attached hydrogens (tertiary/aromatic N) is 2. The molecule has 126 valence electrons. The summed E-state index contributed by atoms with van der Waals surface area (Å²) in [5.74, 6) is 0.353. The van der Waals surface area contributed by atoms with Crippen molar-refractivity contribution < 1.29 is 18.0 Å². The van der Waals surface area contributed by atoms with Crippen LogP contribution in [0.3, 0.4) is 0 Å². The summed E-state index contributed by atoms with van der Waals surface area (Å²) in [7, 11) is 0. The molecule has 24 heavy (non-hydrogen) atoms. The number of nitrogens with one attached hydrogen (secondary N) is 1. The number of aryl methyl sites for hydroxylation is 2. The Morgan fingerprint density at radius 2 is 1.96 bits per heavy atom. The highest BCUT2D eigenvalue weighted by atomic mass is 19.4. The smallest absolute Gasteiger partial charge is 0.349 e. The molecule has 4 nitrogen and oxygen atoms in total. The number of alkyl halides is 3. The highest BCUT2D eigenvalue weighted by Gasteiger charge is 2.30. The van der Waals surface area contributed by atoms with Gasteiger partial charge >= 0.3 is 6.18 Å². The van der Waals surface area contributed by atoms with Crippen LogP contribution in [0.25, 0.3) is 0 Å². The van der Waals surface area contributed by atoms with Gasteiger partial charge in [-0.1, -0.05) is 0 Å². The van der Waals surface area contributed by atoms with E-state index in [9.17, 15) is 18.0 Å². The van der Waals surface area contributed by atoms with Gasteiger partial charge in [0.25, 0.3) is 5.91 Å². The number of carbonyl (C=O) groups excluding carboxylic acids is 1.